The van der Waals surface area contributed by atoms with E-state index in [1.807, 2.05) is 18.0 Å². The zero-order chi connectivity index (χ0) is 13.2. The van der Waals surface area contributed by atoms with E-state index in [2.05, 4.69) is 39.7 Å². The average Bonchev–Trinajstić information content (AvgIpc) is 2.13. The molecule has 0 aliphatic carbocycles. The summed E-state index contributed by atoms with van der Waals surface area (Å²) < 4.78 is 0.772. The third-order valence-corrected chi connectivity index (χ3v) is 2.64. The summed E-state index contributed by atoms with van der Waals surface area (Å²) in [6, 6.07) is 1.86. The number of hydrogen-bond acceptors (Lipinski definition) is 4. The van der Waals surface area contributed by atoms with E-state index in [0.717, 1.165) is 16.2 Å². The van der Waals surface area contributed by atoms with Gasteiger partial charge in [-0.3, -0.25) is 0 Å². The van der Waals surface area contributed by atoms with Gasteiger partial charge in [-0.2, -0.15) is 0 Å². The van der Waals surface area contributed by atoms with Crippen LogP contribution in [0, 0.1) is 0 Å². The van der Waals surface area contributed by atoms with Crippen LogP contribution in [0.4, 0.5) is 5.82 Å². The number of rotatable bonds is 4. The number of halogens is 1. The lowest BCUT2D eigenvalue weighted by Gasteiger charge is -2.26. The van der Waals surface area contributed by atoms with Gasteiger partial charge in [0.1, 0.15) is 16.2 Å². The Hall–Kier alpha value is -0.680. The van der Waals surface area contributed by atoms with Gasteiger partial charge in [-0.25, -0.2) is 9.97 Å². The predicted molar refractivity (Wildman–Crippen MR) is 73.4 cm³/mol. The maximum absolute atomic E-state index is 9.80. The first-order valence-corrected chi connectivity index (χ1v) is 6.46. The minimum Gasteiger partial charge on any atom is -0.389 e. The van der Waals surface area contributed by atoms with Gasteiger partial charge in [-0.15, -0.1) is 0 Å². The molecule has 0 fully saturated rings. The fraction of sp³-hybridized carbons (Fsp3) is 0.667. The Morgan fingerprint density at radius 1 is 1.41 bits per heavy atom. The first-order chi connectivity index (χ1) is 7.69. The Morgan fingerprint density at radius 2 is 2.00 bits per heavy atom. The first kappa shape index (κ1) is 14.4. The van der Waals surface area contributed by atoms with Crippen LogP contribution in [-0.4, -0.2) is 34.3 Å². The minimum atomic E-state index is -0.746. The molecule has 0 unspecified atom stereocenters. The van der Waals surface area contributed by atoms with Gasteiger partial charge >= 0.3 is 0 Å². The second-order valence-electron chi connectivity index (χ2n) is 5.23. The molecule has 17 heavy (non-hydrogen) atoms. The van der Waals surface area contributed by atoms with Crippen LogP contribution < -0.4 is 4.90 Å². The fourth-order valence-corrected chi connectivity index (χ4v) is 1.92. The normalized spacial score (nSPS) is 12.0. The van der Waals surface area contributed by atoms with Crippen LogP contribution in [0.1, 0.15) is 39.4 Å². The van der Waals surface area contributed by atoms with Crippen molar-refractivity contribution < 1.29 is 5.11 Å². The maximum atomic E-state index is 9.80. The molecule has 1 rings (SSSR count). The van der Waals surface area contributed by atoms with Gasteiger partial charge in [0.05, 0.1) is 5.60 Å². The molecule has 0 spiro atoms. The van der Waals surface area contributed by atoms with Crippen molar-refractivity contribution in [2.45, 2.75) is 39.2 Å². The zero-order valence-corrected chi connectivity index (χ0v) is 12.6. The van der Waals surface area contributed by atoms with E-state index in [9.17, 15) is 5.11 Å². The van der Waals surface area contributed by atoms with E-state index in [-0.39, 0.29) is 5.92 Å². The Balaban J connectivity index is 2.97. The molecule has 0 aliphatic rings. The quantitative estimate of drug-likeness (QED) is 0.869. The van der Waals surface area contributed by atoms with Crippen molar-refractivity contribution in [1.29, 1.82) is 0 Å². The van der Waals surface area contributed by atoms with E-state index in [1.54, 1.807) is 13.8 Å². The monoisotopic (exact) mass is 301 g/mol. The SMILES string of the molecule is CC(C)c1nc(Br)cc(N(C)CC(C)(C)O)n1. The van der Waals surface area contributed by atoms with Gasteiger partial charge in [0.25, 0.3) is 0 Å². The molecular weight excluding hydrogens is 282 g/mol. The van der Waals surface area contributed by atoms with E-state index < -0.39 is 5.60 Å². The summed E-state index contributed by atoms with van der Waals surface area (Å²) in [6.07, 6.45) is 0. The predicted octanol–water partition coefficient (Wildman–Crippen LogP) is 2.57. The molecular formula is C12H20BrN3O. The minimum absolute atomic E-state index is 0.279. The Morgan fingerprint density at radius 3 is 2.47 bits per heavy atom. The van der Waals surface area contributed by atoms with Crippen LogP contribution in [0.2, 0.25) is 0 Å². The molecule has 4 nitrogen and oxygen atoms in total. The number of aliphatic hydroxyl groups is 1. The number of nitrogens with zero attached hydrogens (tertiary/aromatic N) is 3. The number of likely N-dealkylation sites (N-methyl/N-ethyl adjacent to an activating group) is 1. The lowest BCUT2D eigenvalue weighted by atomic mass is 10.1. The molecule has 5 heteroatoms. The van der Waals surface area contributed by atoms with Crippen LogP contribution in [0.5, 0.6) is 0 Å². The van der Waals surface area contributed by atoms with Gasteiger partial charge in [-0.05, 0) is 29.8 Å². The number of aromatic nitrogens is 2. The summed E-state index contributed by atoms with van der Waals surface area (Å²) in [4.78, 5) is 10.7. The summed E-state index contributed by atoms with van der Waals surface area (Å²) >= 11 is 3.39. The molecule has 0 atom stereocenters. The standard InChI is InChI=1S/C12H20BrN3O/c1-8(2)11-14-9(13)6-10(15-11)16(5)7-12(3,4)17/h6,8,17H,7H2,1-5H3. The molecule has 1 aromatic rings. The third kappa shape index (κ3) is 4.60. The van der Waals surface area contributed by atoms with Gasteiger partial charge in [0, 0.05) is 25.6 Å². The molecule has 1 aromatic heterocycles. The fourth-order valence-electron chi connectivity index (χ4n) is 1.54. The second kappa shape index (κ2) is 5.31. The molecule has 0 radical (unpaired) electrons. The summed E-state index contributed by atoms with van der Waals surface area (Å²) in [7, 11) is 1.91. The topological polar surface area (TPSA) is 49.2 Å². The lowest BCUT2D eigenvalue weighted by molar-refractivity contribution is 0.0884. The van der Waals surface area contributed by atoms with Gasteiger partial charge in [0.15, 0.2) is 0 Å². The molecule has 1 N–H and O–H groups in total. The van der Waals surface area contributed by atoms with Crippen LogP contribution in [0.15, 0.2) is 10.7 Å². The molecule has 0 saturated carbocycles. The number of anilines is 1. The smallest absolute Gasteiger partial charge is 0.134 e. The molecule has 0 aromatic carbocycles. The zero-order valence-electron chi connectivity index (χ0n) is 11.0. The number of hydrogen-bond donors (Lipinski definition) is 1. The maximum Gasteiger partial charge on any atom is 0.134 e. The molecule has 0 bridgehead atoms. The first-order valence-electron chi connectivity index (χ1n) is 5.67. The van der Waals surface area contributed by atoms with Crippen molar-refractivity contribution in [3.8, 4) is 0 Å². The molecule has 1 heterocycles. The molecule has 0 amide bonds. The van der Waals surface area contributed by atoms with E-state index in [0.29, 0.717) is 6.54 Å². The van der Waals surface area contributed by atoms with Gasteiger partial charge < -0.3 is 10.0 Å². The highest BCUT2D eigenvalue weighted by Crippen LogP contribution is 2.20. The molecule has 0 saturated heterocycles. The van der Waals surface area contributed by atoms with Crippen LogP contribution >= 0.6 is 15.9 Å². The Labute approximate surface area is 111 Å². The summed E-state index contributed by atoms with van der Waals surface area (Å²) in [6.45, 7) is 8.20. The van der Waals surface area contributed by atoms with Crippen LogP contribution in [-0.2, 0) is 0 Å². The lowest BCUT2D eigenvalue weighted by Crippen LogP contribution is -2.36. The highest BCUT2D eigenvalue weighted by atomic mass is 79.9. The summed E-state index contributed by atoms with van der Waals surface area (Å²) in [5.41, 5.74) is -0.746. The second-order valence-corrected chi connectivity index (χ2v) is 6.04. The highest BCUT2D eigenvalue weighted by molar-refractivity contribution is 9.10. The van der Waals surface area contributed by atoms with Crippen molar-refractivity contribution in [3.05, 3.63) is 16.5 Å². The van der Waals surface area contributed by atoms with Crippen molar-refractivity contribution in [1.82, 2.24) is 9.97 Å². The van der Waals surface area contributed by atoms with Crippen LogP contribution in [0.3, 0.4) is 0 Å². The van der Waals surface area contributed by atoms with E-state index >= 15 is 0 Å². The Kier molecular flexibility index (Phi) is 4.49. The molecule has 96 valence electrons. The van der Waals surface area contributed by atoms with Crippen molar-refractivity contribution in [3.63, 3.8) is 0 Å². The molecule has 0 aliphatic heterocycles. The van der Waals surface area contributed by atoms with Gasteiger partial charge in [0.2, 0.25) is 0 Å². The summed E-state index contributed by atoms with van der Waals surface area (Å²) in [5, 5.41) is 9.80. The largest absolute Gasteiger partial charge is 0.389 e. The van der Waals surface area contributed by atoms with Gasteiger partial charge in [-0.1, -0.05) is 13.8 Å². The van der Waals surface area contributed by atoms with Crippen molar-refractivity contribution >= 4 is 21.7 Å². The average molecular weight is 302 g/mol. The third-order valence-electron chi connectivity index (χ3n) is 2.23. The highest BCUT2D eigenvalue weighted by Gasteiger charge is 2.18. The summed E-state index contributed by atoms with van der Waals surface area (Å²) in [5.74, 6) is 1.90. The van der Waals surface area contributed by atoms with Crippen molar-refractivity contribution in [2.24, 2.45) is 0 Å². The van der Waals surface area contributed by atoms with E-state index in [4.69, 9.17) is 0 Å². The Bertz CT molecular complexity index is 388. The van der Waals surface area contributed by atoms with Crippen LogP contribution in [0.25, 0.3) is 0 Å². The van der Waals surface area contributed by atoms with E-state index in [1.165, 1.54) is 0 Å². The van der Waals surface area contributed by atoms with Crippen molar-refractivity contribution in [2.75, 3.05) is 18.5 Å².